The zero-order valence-corrected chi connectivity index (χ0v) is 18.6. The first-order valence-corrected chi connectivity index (χ1v) is 11.6. The molecule has 1 aromatic carbocycles. The summed E-state index contributed by atoms with van der Waals surface area (Å²) >= 11 is 0. The number of sulfone groups is 1. The number of benzene rings is 1. The Kier molecular flexibility index (Phi) is 8.18. The van der Waals surface area contributed by atoms with Crippen LogP contribution in [0, 0.1) is 0 Å². The van der Waals surface area contributed by atoms with Crippen LogP contribution < -0.4 is 10.1 Å². The fourth-order valence-electron chi connectivity index (χ4n) is 2.61. The molecule has 0 unspecified atom stereocenters. The topological polar surface area (TPSA) is 119 Å². The van der Waals surface area contributed by atoms with Gasteiger partial charge in [-0.1, -0.05) is 12.1 Å². The Morgan fingerprint density at radius 2 is 1.94 bits per heavy atom. The van der Waals surface area contributed by atoms with Crippen molar-refractivity contribution in [2.45, 2.75) is 25.9 Å². The van der Waals surface area contributed by atoms with Crippen molar-refractivity contribution in [3.05, 3.63) is 64.8 Å². The number of ketones is 1. The molecule has 1 amide bonds. The molecule has 2 rings (SSSR count). The Hall–Kier alpha value is -2.91. The van der Waals surface area contributed by atoms with Gasteiger partial charge in [0.05, 0.1) is 6.61 Å². The maximum Gasteiger partial charge on any atom is 0.244 e. The van der Waals surface area contributed by atoms with Crippen molar-refractivity contribution in [1.29, 1.82) is 0 Å². The minimum absolute atomic E-state index is 0.152. The van der Waals surface area contributed by atoms with Crippen molar-refractivity contribution in [3.8, 4) is 5.75 Å². The lowest BCUT2D eigenvalue weighted by molar-refractivity contribution is -0.126. The average molecular weight is 450 g/mol. The number of carbonyl (C=O) groups excluding carboxylic acids is 2. The van der Waals surface area contributed by atoms with Crippen molar-refractivity contribution in [2.75, 3.05) is 26.0 Å². The lowest BCUT2D eigenvalue weighted by Crippen LogP contribution is -2.28. The predicted molar refractivity (Wildman–Crippen MR) is 116 cm³/mol. The Bertz CT molecular complexity index is 1000. The molecular weight excluding hydrogens is 422 g/mol. The summed E-state index contributed by atoms with van der Waals surface area (Å²) in [5.74, 6) is 0.351. The van der Waals surface area contributed by atoms with Crippen LogP contribution in [0.4, 0.5) is 0 Å². The number of aliphatic hydroxyl groups is 1. The van der Waals surface area contributed by atoms with Crippen molar-refractivity contribution in [2.24, 2.45) is 0 Å². The maximum atomic E-state index is 11.8. The van der Waals surface area contributed by atoms with Crippen LogP contribution >= 0.6 is 0 Å². The molecule has 0 fully saturated rings. The Balaban J connectivity index is 1.81. The van der Waals surface area contributed by atoms with Crippen LogP contribution in [-0.2, 0) is 30.6 Å². The van der Waals surface area contributed by atoms with Crippen LogP contribution in [-0.4, -0.2) is 56.8 Å². The summed E-state index contributed by atoms with van der Waals surface area (Å²) in [4.78, 5) is 23.4. The quantitative estimate of drug-likeness (QED) is 0.519. The third-order valence-electron chi connectivity index (χ3n) is 4.39. The molecule has 1 aliphatic heterocycles. The van der Waals surface area contributed by atoms with E-state index < -0.39 is 21.3 Å². The van der Waals surface area contributed by atoms with E-state index >= 15 is 0 Å². The van der Waals surface area contributed by atoms with Gasteiger partial charge < -0.3 is 19.9 Å². The van der Waals surface area contributed by atoms with Crippen LogP contribution in [0.1, 0.15) is 19.4 Å². The van der Waals surface area contributed by atoms with Crippen LogP contribution in [0.2, 0.25) is 0 Å². The highest BCUT2D eigenvalue weighted by Gasteiger charge is 2.35. The van der Waals surface area contributed by atoms with Crippen molar-refractivity contribution in [3.63, 3.8) is 0 Å². The first kappa shape index (κ1) is 24.4. The highest BCUT2D eigenvalue weighted by Crippen LogP contribution is 2.28. The van der Waals surface area contributed by atoms with Gasteiger partial charge in [-0.15, -0.1) is 0 Å². The van der Waals surface area contributed by atoms with E-state index in [1.165, 1.54) is 6.08 Å². The molecule has 0 bridgehead atoms. The smallest absolute Gasteiger partial charge is 0.244 e. The summed E-state index contributed by atoms with van der Waals surface area (Å²) in [6.45, 7) is 3.61. The van der Waals surface area contributed by atoms with Gasteiger partial charge in [-0.25, -0.2) is 8.42 Å². The molecule has 8 nitrogen and oxygen atoms in total. The van der Waals surface area contributed by atoms with Crippen LogP contribution in [0.5, 0.6) is 5.75 Å². The summed E-state index contributed by atoms with van der Waals surface area (Å²) in [5.41, 5.74) is 0.525. The third-order valence-corrected chi connectivity index (χ3v) is 5.02. The van der Waals surface area contributed by atoms with E-state index in [9.17, 15) is 23.1 Å². The molecule has 168 valence electrons. The zero-order valence-electron chi connectivity index (χ0n) is 17.8. The summed E-state index contributed by atoms with van der Waals surface area (Å²) in [6.07, 6.45) is 5.62. The van der Waals surface area contributed by atoms with E-state index in [-0.39, 0.29) is 19.0 Å². The van der Waals surface area contributed by atoms with Gasteiger partial charge >= 0.3 is 0 Å². The van der Waals surface area contributed by atoms with Gasteiger partial charge in [0.25, 0.3) is 0 Å². The van der Waals surface area contributed by atoms with Crippen molar-refractivity contribution < 1.29 is 32.6 Å². The number of ether oxygens (including phenoxy) is 2. The normalized spacial score (nSPS) is 16.2. The van der Waals surface area contributed by atoms with Gasteiger partial charge in [-0.3, -0.25) is 9.59 Å². The number of carbonyl (C=O) groups is 2. The molecule has 0 saturated heterocycles. The number of nitrogens with one attached hydrogen (secondary N) is 1. The predicted octanol–water partition coefficient (Wildman–Crippen LogP) is 1.46. The average Bonchev–Trinajstić information content (AvgIpc) is 2.96. The molecule has 0 atom stereocenters. The van der Waals surface area contributed by atoms with Gasteiger partial charge in [-0.05, 0) is 44.0 Å². The van der Waals surface area contributed by atoms with Crippen molar-refractivity contribution in [1.82, 2.24) is 5.32 Å². The largest absolute Gasteiger partial charge is 0.490 e. The van der Waals surface area contributed by atoms with Gasteiger partial charge in [0.15, 0.2) is 15.4 Å². The van der Waals surface area contributed by atoms with Gasteiger partial charge in [0, 0.05) is 35.9 Å². The van der Waals surface area contributed by atoms with Gasteiger partial charge in [-0.2, -0.15) is 0 Å². The highest BCUT2D eigenvalue weighted by atomic mass is 32.2. The molecule has 0 radical (unpaired) electrons. The molecule has 0 aliphatic carbocycles. The monoisotopic (exact) mass is 449 g/mol. The molecule has 0 aromatic heterocycles. The minimum Gasteiger partial charge on any atom is -0.490 e. The summed E-state index contributed by atoms with van der Waals surface area (Å²) < 4.78 is 33.2. The maximum absolute atomic E-state index is 11.8. The molecule has 1 aromatic rings. The van der Waals surface area contributed by atoms with Crippen LogP contribution in [0.25, 0.3) is 0 Å². The fraction of sp³-hybridized carbons (Fsp3) is 0.364. The second kappa shape index (κ2) is 10.4. The van der Waals surface area contributed by atoms with E-state index in [2.05, 4.69) is 5.32 Å². The second-order valence-electron chi connectivity index (χ2n) is 7.50. The summed E-state index contributed by atoms with van der Waals surface area (Å²) in [6, 6.07) is 7.28. The Morgan fingerprint density at radius 1 is 1.26 bits per heavy atom. The standard InChI is InChI=1S/C22H27NO7S/c1-22(2)20(25)14-19(30-22)17(15-24)9-12-29-18-6-4-16(5-7-18)8-11-23-21(26)10-13-31(3,27)28/h4-7,9-10,13-14,24H,8,11-12,15H2,1-3H3,(H,23,26). The number of hydrogen-bond acceptors (Lipinski definition) is 7. The van der Waals surface area contributed by atoms with Crippen molar-refractivity contribution >= 4 is 21.5 Å². The molecule has 0 saturated carbocycles. The molecule has 2 N–H and O–H groups in total. The molecule has 0 spiro atoms. The molecule has 31 heavy (non-hydrogen) atoms. The number of rotatable bonds is 10. The zero-order chi connectivity index (χ0) is 23.1. The lowest BCUT2D eigenvalue weighted by atomic mass is 10.1. The van der Waals surface area contributed by atoms with E-state index in [0.717, 1.165) is 23.3 Å². The van der Waals surface area contributed by atoms with Crippen LogP contribution in [0.3, 0.4) is 0 Å². The first-order valence-electron chi connectivity index (χ1n) is 9.63. The summed E-state index contributed by atoms with van der Waals surface area (Å²) in [5, 5.41) is 13.0. The third kappa shape index (κ3) is 8.03. The van der Waals surface area contributed by atoms with E-state index in [0.29, 0.717) is 30.0 Å². The number of aliphatic hydroxyl groups excluding tert-OH is 1. The second-order valence-corrected chi connectivity index (χ2v) is 9.43. The minimum atomic E-state index is -3.33. The van der Waals surface area contributed by atoms with E-state index in [4.69, 9.17) is 9.47 Å². The Labute approximate surface area is 182 Å². The first-order chi connectivity index (χ1) is 14.5. The summed E-state index contributed by atoms with van der Waals surface area (Å²) in [7, 11) is -3.33. The van der Waals surface area contributed by atoms with E-state index in [1.54, 1.807) is 32.1 Å². The molecule has 9 heteroatoms. The van der Waals surface area contributed by atoms with Gasteiger partial charge in [0.1, 0.15) is 18.1 Å². The van der Waals surface area contributed by atoms with Crippen LogP contribution in [0.15, 0.2) is 59.2 Å². The lowest BCUT2D eigenvalue weighted by Gasteiger charge is -2.18. The van der Waals surface area contributed by atoms with E-state index in [1.807, 2.05) is 12.1 Å². The Morgan fingerprint density at radius 3 is 2.48 bits per heavy atom. The highest BCUT2D eigenvalue weighted by molar-refractivity contribution is 7.93. The number of amides is 1. The molecular formula is C22H27NO7S. The fourth-order valence-corrected chi connectivity index (χ4v) is 2.98. The number of hydrogen-bond donors (Lipinski definition) is 2. The molecule has 1 heterocycles. The SMILES string of the molecule is CC1(C)OC(C(=CCOc2ccc(CCNC(=O)C=CS(C)(=O)=O)cc2)CO)=CC1=O. The van der Waals surface area contributed by atoms with Gasteiger partial charge in [0.2, 0.25) is 11.7 Å². The molecule has 1 aliphatic rings.